The zero-order valence-electron chi connectivity index (χ0n) is 35.6. The third-order valence-corrected chi connectivity index (χ3v) is 13.1. The van der Waals surface area contributed by atoms with E-state index >= 15 is 0 Å². The Morgan fingerprint density at radius 1 is 0.328 bits per heavy atom. The first kappa shape index (κ1) is 37.6. The van der Waals surface area contributed by atoms with E-state index in [4.69, 9.17) is 14.4 Å². The Morgan fingerprint density at radius 2 is 0.844 bits per heavy atom. The third kappa shape index (κ3) is 6.44. The van der Waals surface area contributed by atoms with E-state index < -0.39 is 0 Å². The van der Waals surface area contributed by atoms with Gasteiger partial charge in [-0.2, -0.15) is 0 Å². The molecule has 64 heavy (non-hydrogen) atoms. The van der Waals surface area contributed by atoms with Gasteiger partial charge in [-0.25, -0.2) is 9.97 Å². The van der Waals surface area contributed by atoms with Crippen LogP contribution in [0.1, 0.15) is 25.0 Å². The Bertz CT molecular complexity index is 3550. The van der Waals surface area contributed by atoms with Crippen LogP contribution in [0.3, 0.4) is 0 Å². The van der Waals surface area contributed by atoms with Gasteiger partial charge >= 0.3 is 0 Å². The highest BCUT2D eigenvalue weighted by atomic mass is 16.3. The van der Waals surface area contributed by atoms with Gasteiger partial charge in [0, 0.05) is 38.4 Å². The Labute approximate surface area is 373 Å². The van der Waals surface area contributed by atoms with Crippen molar-refractivity contribution in [2.45, 2.75) is 19.3 Å². The van der Waals surface area contributed by atoms with Crippen LogP contribution >= 0.6 is 0 Å². The summed E-state index contributed by atoms with van der Waals surface area (Å²) in [6, 6.07) is 77.9. The first-order chi connectivity index (χ1) is 31.4. The van der Waals surface area contributed by atoms with E-state index in [-0.39, 0.29) is 5.41 Å². The zero-order chi connectivity index (χ0) is 42.8. The summed E-state index contributed by atoms with van der Waals surface area (Å²) in [5, 5.41) is 2.21. The fourth-order valence-corrected chi connectivity index (χ4v) is 9.75. The first-order valence-corrected chi connectivity index (χ1v) is 22.0. The van der Waals surface area contributed by atoms with Crippen LogP contribution < -0.4 is 0 Å². The number of hydrogen-bond donors (Lipinski definition) is 0. The minimum atomic E-state index is -0.0243. The molecule has 11 aromatic rings. The number of para-hydroxylation sites is 2. The van der Waals surface area contributed by atoms with Crippen LogP contribution in [0.25, 0.3) is 111 Å². The van der Waals surface area contributed by atoms with Gasteiger partial charge in [0.25, 0.3) is 0 Å². The van der Waals surface area contributed by atoms with E-state index in [2.05, 4.69) is 202 Å². The van der Waals surface area contributed by atoms with Crippen LogP contribution in [-0.4, -0.2) is 9.97 Å². The lowest BCUT2D eigenvalue weighted by Crippen LogP contribution is -2.14. The average molecular weight is 819 g/mol. The Balaban J connectivity index is 0.994. The highest BCUT2D eigenvalue weighted by molar-refractivity contribution is 6.10. The predicted molar refractivity (Wildman–Crippen MR) is 265 cm³/mol. The number of benzene rings is 9. The zero-order valence-corrected chi connectivity index (χ0v) is 35.6. The van der Waals surface area contributed by atoms with E-state index in [9.17, 15) is 0 Å². The molecule has 0 spiro atoms. The molecule has 9 aromatic carbocycles. The van der Waals surface area contributed by atoms with Crippen molar-refractivity contribution in [2.75, 3.05) is 0 Å². The largest absolute Gasteiger partial charge is 0.455 e. The second-order valence-electron chi connectivity index (χ2n) is 17.4. The monoisotopic (exact) mass is 818 g/mol. The normalized spacial score (nSPS) is 12.7. The average Bonchev–Trinajstić information content (AvgIpc) is 3.86. The van der Waals surface area contributed by atoms with Crippen LogP contribution in [0.15, 0.2) is 223 Å². The summed E-state index contributed by atoms with van der Waals surface area (Å²) in [6.07, 6.45) is 0. The van der Waals surface area contributed by atoms with Crippen molar-refractivity contribution in [1.29, 1.82) is 0 Å². The molecule has 3 nitrogen and oxygen atoms in total. The fourth-order valence-electron chi connectivity index (χ4n) is 9.75. The van der Waals surface area contributed by atoms with Crippen LogP contribution in [0.5, 0.6) is 0 Å². The molecule has 0 saturated heterocycles. The molecule has 302 valence electrons. The molecule has 0 atom stereocenters. The lowest BCUT2D eigenvalue weighted by Gasteiger charge is -2.21. The Hall–Kier alpha value is -8.14. The maximum absolute atomic E-state index is 6.61. The highest BCUT2D eigenvalue weighted by Crippen LogP contribution is 2.49. The summed E-state index contributed by atoms with van der Waals surface area (Å²) in [5.41, 5.74) is 20.8. The molecule has 2 heterocycles. The molecule has 0 unspecified atom stereocenters. The lowest BCUT2D eigenvalue weighted by atomic mass is 9.82. The number of hydrogen-bond acceptors (Lipinski definition) is 3. The minimum absolute atomic E-state index is 0.0243. The number of fused-ring (bicyclic) bond motifs is 6. The van der Waals surface area contributed by atoms with Crippen LogP contribution in [0, 0.1) is 0 Å². The smallest absolute Gasteiger partial charge is 0.160 e. The van der Waals surface area contributed by atoms with Crippen molar-refractivity contribution in [3.63, 3.8) is 0 Å². The van der Waals surface area contributed by atoms with Gasteiger partial charge in [0.1, 0.15) is 11.2 Å². The van der Waals surface area contributed by atoms with E-state index in [0.29, 0.717) is 5.82 Å². The van der Waals surface area contributed by atoms with Gasteiger partial charge in [-0.1, -0.05) is 196 Å². The number of aromatic nitrogens is 2. The lowest BCUT2D eigenvalue weighted by molar-refractivity contribution is 0.660. The standard InChI is InChI=1S/C61H42N2O/c1-61(2)54-22-11-9-18-50(54)53-37-45(32-33-55(53)61)41-28-30-43(31-29-41)56-38-57(63-60(62-56)44-16-7-4-8-17-44)48-35-46(42-26-24-40(25-27-42)39-14-5-3-6-15-39)34-47(36-48)49-20-13-21-52-51-19-10-12-23-58(51)64-59(49)52/h3-38H,1-2H3. The second kappa shape index (κ2) is 15.0. The van der Waals surface area contributed by atoms with Crippen molar-refractivity contribution in [1.82, 2.24) is 9.97 Å². The molecule has 3 heteroatoms. The summed E-state index contributed by atoms with van der Waals surface area (Å²) in [7, 11) is 0. The molecule has 0 aliphatic heterocycles. The maximum atomic E-state index is 6.61. The number of nitrogens with zero attached hydrogens (tertiary/aromatic N) is 2. The van der Waals surface area contributed by atoms with Crippen molar-refractivity contribution >= 4 is 21.9 Å². The molecule has 0 fully saturated rings. The van der Waals surface area contributed by atoms with Crippen LogP contribution in [0.2, 0.25) is 0 Å². The molecule has 1 aliphatic carbocycles. The summed E-state index contributed by atoms with van der Waals surface area (Å²) in [6.45, 7) is 4.65. The van der Waals surface area contributed by atoms with Crippen molar-refractivity contribution in [3.8, 4) is 89.5 Å². The first-order valence-electron chi connectivity index (χ1n) is 22.0. The summed E-state index contributed by atoms with van der Waals surface area (Å²) < 4.78 is 6.61. The summed E-state index contributed by atoms with van der Waals surface area (Å²) >= 11 is 0. The van der Waals surface area contributed by atoms with E-state index in [0.717, 1.165) is 72.3 Å². The quantitative estimate of drug-likeness (QED) is 0.161. The van der Waals surface area contributed by atoms with Gasteiger partial charge in [0.2, 0.25) is 0 Å². The van der Waals surface area contributed by atoms with E-state index in [1.54, 1.807) is 0 Å². The van der Waals surface area contributed by atoms with Crippen molar-refractivity contribution in [3.05, 3.63) is 230 Å². The van der Waals surface area contributed by atoms with Gasteiger partial charge in [-0.05, 0) is 97.6 Å². The highest BCUT2D eigenvalue weighted by Gasteiger charge is 2.35. The molecule has 0 saturated carbocycles. The molecular formula is C61H42N2O. The minimum Gasteiger partial charge on any atom is -0.455 e. The van der Waals surface area contributed by atoms with Crippen molar-refractivity contribution in [2.24, 2.45) is 0 Å². The van der Waals surface area contributed by atoms with Gasteiger partial charge in [0.15, 0.2) is 5.82 Å². The van der Waals surface area contributed by atoms with Gasteiger partial charge < -0.3 is 4.42 Å². The molecule has 0 amide bonds. The fraction of sp³-hybridized carbons (Fsp3) is 0.0492. The van der Waals surface area contributed by atoms with Gasteiger partial charge in [-0.3, -0.25) is 0 Å². The molecule has 0 N–H and O–H groups in total. The Kier molecular flexibility index (Phi) is 8.84. The molecular weight excluding hydrogens is 777 g/mol. The van der Waals surface area contributed by atoms with Crippen LogP contribution in [-0.2, 0) is 5.41 Å². The molecule has 1 aliphatic rings. The van der Waals surface area contributed by atoms with Gasteiger partial charge in [0.05, 0.1) is 11.4 Å². The van der Waals surface area contributed by atoms with Gasteiger partial charge in [-0.15, -0.1) is 0 Å². The molecule has 2 aromatic heterocycles. The van der Waals surface area contributed by atoms with Crippen LogP contribution in [0.4, 0.5) is 0 Å². The predicted octanol–water partition coefficient (Wildman–Crippen LogP) is 16.4. The SMILES string of the molecule is CC1(C)c2ccccc2-c2cc(-c3ccc(-c4cc(-c5cc(-c6ccc(-c7ccccc7)cc6)cc(-c6cccc7c6oc6ccccc67)c5)nc(-c5ccccc5)n4)cc3)ccc21. The second-order valence-corrected chi connectivity index (χ2v) is 17.4. The molecule has 12 rings (SSSR count). The van der Waals surface area contributed by atoms with E-state index in [1.807, 2.05) is 30.3 Å². The van der Waals surface area contributed by atoms with E-state index in [1.165, 1.54) is 44.5 Å². The summed E-state index contributed by atoms with van der Waals surface area (Å²) in [4.78, 5) is 10.5. The summed E-state index contributed by atoms with van der Waals surface area (Å²) in [5.74, 6) is 0.677. The topological polar surface area (TPSA) is 38.9 Å². The number of furan rings is 1. The third-order valence-electron chi connectivity index (χ3n) is 13.1. The molecule has 0 bridgehead atoms. The Morgan fingerprint density at radius 3 is 1.61 bits per heavy atom. The maximum Gasteiger partial charge on any atom is 0.160 e. The van der Waals surface area contributed by atoms with Crippen molar-refractivity contribution < 1.29 is 4.42 Å². The molecule has 0 radical (unpaired) electrons. The number of rotatable bonds is 7.